The summed E-state index contributed by atoms with van der Waals surface area (Å²) >= 11 is 0. The van der Waals surface area contributed by atoms with Gasteiger partial charge in [-0.2, -0.15) is 0 Å². The van der Waals surface area contributed by atoms with Crippen LogP contribution in [0.5, 0.6) is 11.5 Å². The maximum atomic E-state index is 12.6. The molecule has 0 radical (unpaired) electrons. The summed E-state index contributed by atoms with van der Waals surface area (Å²) in [4.78, 5) is 2.04. The Morgan fingerprint density at radius 3 is 1.84 bits per heavy atom. The number of nitrogens with zero attached hydrogens (tertiary/aromatic N) is 1. The van der Waals surface area contributed by atoms with E-state index in [4.69, 9.17) is 0 Å². The molecule has 174 valence electrons. The first-order chi connectivity index (χ1) is 13.6. The van der Waals surface area contributed by atoms with Crippen LogP contribution < -0.4 is 14.8 Å². The molecule has 1 atom stereocenters. The smallest absolute Gasteiger partial charge is 0.406 e. The minimum Gasteiger partial charge on any atom is -0.406 e. The van der Waals surface area contributed by atoms with E-state index in [0.29, 0.717) is 37.3 Å². The first-order valence-corrected chi connectivity index (χ1v) is 8.77. The minimum atomic E-state index is -4.82. The highest BCUT2D eigenvalue weighted by molar-refractivity contribution is 5.85. The molecule has 1 aliphatic heterocycles. The molecule has 0 unspecified atom stereocenters. The number of alkyl halides is 6. The van der Waals surface area contributed by atoms with E-state index in [1.54, 1.807) is 6.07 Å². The second kappa shape index (κ2) is 11.1. The lowest BCUT2D eigenvalue weighted by Crippen LogP contribution is -2.45. The molecule has 0 saturated carbocycles. The van der Waals surface area contributed by atoms with Gasteiger partial charge in [0, 0.05) is 26.2 Å². The van der Waals surface area contributed by atoms with Gasteiger partial charge in [0.05, 0.1) is 6.04 Å². The molecule has 0 amide bonds. The van der Waals surface area contributed by atoms with E-state index in [1.165, 1.54) is 42.5 Å². The van der Waals surface area contributed by atoms with Crippen LogP contribution in [0.25, 0.3) is 0 Å². The molecule has 12 heteroatoms. The van der Waals surface area contributed by atoms with Crippen molar-refractivity contribution < 1.29 is 35.8 Å². The summed E-state index contributed by atoms with van der Waals surface area (Å²) < 4.78 is 82.8. The summed E-state index contributed by atoms with van der Waals surface area (Å²) in [6, 6.07) is 10.5. The molecule has 0 aliphatic carbocycles. The van der Waals surface area contributed by atoms with E-state index in [-0.39, 0.29) is 36.3 Å². The van der Waals surface area contributed by atoms with Crippen molar-refractivity contribution in [3.63, 3.8) is 0 Å². The van der Waals surface area contributed by atoms with Crippen molar-refractivity contribution in [2.24, 2.45) is 0 Å². The van der Waals surface area contributed by atoms with Gasteiger partial charge < -0.3 is 14.8 Å². The van der Waals surface area contributed by atoms with Crippen LogP contribution in [0.1, 0.15) is 17.2 Å². The Hall–Kier alpha value is -1.88. The molecule has 0 aromatic heterocycles. The van der Waals surface area contributed by atoms with Crippen LogP contribution in [0, 0.1) is 0 Å². The average Bonchev–Trinajstić information content (AvgIpc) is 2.62. The normalized spacial score (nSPS) is 15.9. The third-order valence-electron chi connectivity index (χ3n) is 4.35. The lowest BCUT2D eigenvalue weighted by atomic mass is 9.96. The zero-order chi connectivity index (χ0) is 21.1. The van der Waals surface area contributed by atoms with Crippen LogP contribution in [0.15, 0.2) is 48.5 Å². The third-order valence-corrected chi connectivity index (χ3v) is 4.35. The van der Waals surface area contributed by atoms with E-state index < -0.39 is 18.8 Å². The Balaban J connectivity index is 0.00000240. The van der Waals surface area contributed by atoms with Gasteiger partial charge in [0.1, 0.15) is 11.5 Å². The number of rotatable bonds is 5. The topological polar surface area (TPSA) is 33.7 Å². The van der Waals surface area contributed by atoms with Crippen LogP contribution >= 0.6 is 24.8 Å². The summed E-state index contributed by atoms with van der Waals surface area (Å²) in [5.74, 6) is -0.721. The van der Waals surface area contributed by atoms with Crippen molar-refractivity contribution >= 4 is 24.8 Å². The van der Waals surface area contributed by atoms with Crippen LogP contribution in [0.2, 0.25) is 0 Å². The fourth-order valence-corrected chi connectivity index (χ4v) is 3.29. The average molecular weight is 493 g/mol. The van der Waals surface area contributed by atoms with Crippen LogP contribution in [-0.2, 0) is 0 Å². The van der Waals surface area contributed by atoms with Gasteiger partial charge >= 0.3 is 12.7 Å². The highest BCUT2D eigenvalue weighted by Crippen LogP contribution is 2.34. The summed E-state index contributed by atoms with van der Waals surface area (Å²) in [6.07, 6.45) is -9.62. The number of hydrogen-bond acceptors (Lipinski definition) is 4. The Morgan fingerprint density at radius 1 is 0.742 bits per heavy atom. The highest BCUT2D eigenvalue weighted by Gasteiger charge is 2.33. The van der Waals surface area contributed by atoms with Gasteiger partial charge in [0.15, 0.2) is 0 Å². The Labute approximate surface area is 187 Å². The molecule has 31 heavy (non-hydrogen) atoms. The number of hydrogen-bond donors (Lipinski definition) is 1. The standard InChI is InChI=1S/C19H18F6N2O2.2ClH/c20-18(21,22)28-15-6-4-13(5-7-15)17(27-10-8-26-9-11-27)14-2-1-3-16(12-14)29-19(23,24)25;;/h1-7,12,17,26H,8-11H2;2*1H/t17-;;/m0../s1. The molecule has 1 heterocycles. The highest BCUT2D eigenvalue weighted by atomic mass is 35.5. The van der Waals surface area contributed by atoms with Crippen molar-refractivity contribution in [2.75, 3.05) is 26.2 Å². The van der Waals surface area contributed by atoms with E-state index in [9.17, 15) is 26.3 Å². The molecule has 4 nitrogen and oxygen atoms in total. The van der Waals surface area contributed by atoms with E-state index >= 15 is 0 Å². The molecule has 0 spiro atoms. The van der Waals surface area contributed by atoms with Crippen molar-refractivity contribution in [1.82, 2.24) is 10.2 Å². The molecular weight excluding hydrogens is 473 g/mol. The lowest BCUT2D eigenvalue weighted by molar-refractivity contribution is -0.275. The predicted molar refractivity (Wildman–Crippen MR) is 107 cm³/mol. The van der Waals surface area contributed by atoms with E-state index in [2.05, 4.69) is 14.8 Å². The van der Waals surface area contributed by atoms with Gasteiger partial charge in [-0.3, -0.25) is 4.90 Å². The number of benzene rings is 2. The SMILES string of the molecule is Cl.Cl.FC(F)(F)Oc1ccc([C@@H](c2cccc(OC(F)(F)F)c2)N2CCNCC2)cc1. The molecule has 2 aromatic rings. The van der Waals surface area contributed by atoms with Crippen molar-refractivity contribution in [3.8, 4) is 11.5 Å². The summed E-state index contributed by atoms with van der Waals surface area (Å²) in [7, 11) is 0. The molecule has 0 bridgehead atoms. The molecule has 3 rings (SSSR count). The van der Waals surface area contributed by atoms with Gasteiger partial charge in [0.2, 0.25) is 0 Å². The fraction of sp³-hybridized carbons (Fsp3) is 0.368. The summed E-state index contributed by atoms with van der Waals surface area (Å²) in [5.41, 5.74) is 1.17. The maximum Gasteiger partial charge on any atom is 0.573 e. The third kappa shape index (κ3) is 8.29. The van der Waals surface area contributed by atoms with Gasteiger partial charge in [-0.1, -0.05) is 24.3 Å². The van der Waals surface area contributed by atoms with Crippen LogP contribution in [0.3, 0.4) is 0 Å². The lowest BCUT2D eigenvalue weighted by Gasteiger charge is -2.35. The van der Waals surface area contributed by atoms with Crippen molar-refractivity contribution in [2.45, 2.75) is 18.8 Å². The van der Waals surface area contributed by atoms with Gasteiger partial charge in [0.25, 0.3) is 0 Å². The largest absolute Gasteiger partial charge is 0.573 e. The Morgan fingerprint density at radius 2 is 1.29 bits per heavy atom. The Bertz CT molecular complexity index is 812. The predicted octanol–water partition coefficient (Wildman–Crippen LogP) is 5.32. The molecule has 1 aliphatic rings. The number of nitrogens with one attached hydrogen (secondary N) is 1. The van der Waals surface area contributed by atoms with Crippen LogP contribution in [0.4, 0.5) is 26.3 Å². The second-order valence-electron chi connectivity index (χ2n) is 6.43. The van der Waals surface area contributed by atoms with Crippen LogP contribution in [-0.4, -0.2) is 43.8 Å². The zero-order valence-corrected chi connectivity index (χ0v) is 17.5. The van der Waals surface area contributed by atoms with E-state index in [1.807, 2.05) is 4.90 Å². The molecule has 1 saturated heterocycles. The van der Waals surface area contributed by atoms with Gasteiger partial charge in [-0.05, 0) is 35.4 Å². The molecule has 1 fully saturated rings. The zero-order valence-electron chi connectivity index (χ0n) is 15.9. The van der Waals surface area contributed by atoms with Gasteiger partial charge in [-0.25, -0.2) is 0 Å². The summed E-state index contributed by atoms with van der Waals surface area (Å²) in [6.45, 7) is 2.61. The van der Waals surface area contributed by atoms with E-state index in [0.717, 1.165) is 0 Å². The maximum absolute atomic E-state index is 12.6. The second-order valence-corrected chi connectivity index (χ2v) is 6.43. The summed E-state index contributed by atoms with van der Waals surface area (Å²) in [5, 5.41) is 3.19. The number of ether oxygens (including phenoxy) is 2. The quantitative estimate of drug-likeness (QED) is 0.572. The number of halogens is 8. The fourth-order valence-electron chi connectivity index (χ4n) is 3.29. The monoisotopic (exact) mass is 492 g/mol. The van der Waals surface area contributed by atoms with Crippen molar-refractivity contribution in [3.05, 3.63) is 59.7 Å². The molecular formula is C19H20Cl2F6N2O2. The minimum absolute atomic E-state index is 0. The first kappa shape index (κ1) is 27.2. The molecule has 2 aromatic carbocycles. The Kier molecular flexibility index (Phi) is 9.74. The first-order valence-electron chi connectivity index (χ1n) is 8.77. The van der Waals surface area contributed by atoms with Crippen molar-refractivity contribution in [1.29, 1.82) is 0 Å². The van der Waals surface area contributed by atoms with Gasteiger partial charge in [-0.15, -0.1) is 51.2 Å². The molecule has 1 N–H and O–H groups in total. The number of piperazine rings is 1.